The van der Waals surface area contributed by atoms with E-state index in [-0.39, 0.29) is 47.3 Å². The van der Waals surface area contributed by atoms with Crippen molar-refractivity contribution in [2.75, 3.05) is 13.2 Å². The average molecular weight is 1400 g/mol. The fraction of sp³-hybridized carbons (Fsp3) is 0.774. The van der Waals surface area contributed by atoms with Crippen LogP contribution in [0.4, 0.5) is 0 Å². The van der Waals surface area contributed by atoms with E-state index >= 15 is 0 Å². The summed E-state index contributed by atoms with van der Waals surface area (Å²) in [4.78, 5) is 10.4. The van der Waals surface area contributed by atoms with E-state index in [1.165, 1.54) is 11.1 Å². The number of carbonyl (C=O) groups is 1. The summed E-state index contributed by atoms with van der Waals surface area (Å²) >= 11 is 12.1. The van der Waals surface area contributed by atoms with Crippen LogP contribution in [-0.4, -0.2) is 56.1 Å². The van der Waals surface area contributed by atoms with Gasteiger partial charge in [-0.15, -0.1) is 12.3 Å². The first kappa shape index (κ1) is 56.1. The third kappa shape index (κ3) is 32.6. The fourth-order valence-corrected chi connectivity index (χ4v) is 6.19. The van der Waals surface area contributed by atoms with Gasteiger partial charge in [0.15, 0.2) is 0 Å². The maximum absolute atomic E-state index is 10.7. The molecule has 4 unspecified atom stereocenters. The Morgan fingerprint density at radius 1 is 0.878 bits per heavy atom. The van der Waals surface area contributed by atoms with Gasteiger partial charge in [-0.3, -0.25) is 0 Å². The van der Waals surface area contributed by atoms with E-state index in [1.54, 1.807) is 0 Å². The topological polar surface area (TPSA) is 72.5 Å². The zero-order valence-corrected chi connectivity index (χ0v) is 46.7. The molecule has 0 radical (unpaired) electrons. The van der Waals surface area contributed by atoms with Gasteiger partial charge < -0.3 is 32.4 Å². The summed E-state index contributed by atoms with van der Waals surface area (Å²) in [6, 6.07) is 0. The van der Waals surface area contributed by atoms with Crippen molar-refractivity contribution in [2.24, 2.45) is 11.8 Å². The molecule has 2 aliphatic rings. The number of halogens is 5. The number of terminal acetylenes is 1. The summed E-state index contributed by atoms with van der Waals surface area (Å²) in [6.45, 7) is 13.8. The Labute approximate surface area is 374 Å². The Morgan fingerprint density at radius 2 is 1.27 bits per heavy atom. The van der Waals surface area contributed by atoms with Crippen LogP contribution in [0.25, 0.3) is 0 Å². The van der Waals surface area contributed by atoms with Crippen molar-refractivity contribution in [2.45, 2.75) is 128 Å². The molecule has 0 aromatic carbocycles. The first-order valence-corrected chi connectivity index (χ1v) is 40.4. The van der Waals surface area contributed by atoms with Gasteiger partial charge in [0.2, 0.25) is 0 Å². The summed E-state index contributed by atoms with van der Waals surface area (Å²) in [5, 5.41) is 0. The molecule has 49 heavy (non-hydrogen) atoms. The molecular formula is C31H56I5O7P4V2. The molecule has 18 heteroatoms. The SMILES string of the molecule is C#C[C@H](C)C[C@@H](CC[C@@H]1O[C@@H](CCCOP)CC1=C)OP.C=C1C[C@H](CCCOP)O[C@H]1CC[C@H](C[C@@H](C)C=O)OP.[I][V]([I])[I].[I][V][I]. The fourth-order valence-electron chi connectivity index (χ4n) is 5.36. The monoisotopic (exact) mass is 1400 g/mol. The Kier molecular flexibility index (Phi) is 44.1. The molecule has 0 spiro atoms. The molecule has 7 nitrogen and oxygen atoms in total. The first-order valence-electron chi connectivity index (χ1n) is 16.0. The van der Waals surface area contributed by atoms with Gasteiger partial charge in [-0.05, 0) is 88.2 Å². The molecule has 2 saturated heterocycles. The van der Waals surface area contributed by atoms with E-state index in [4.69, 9.17) is 34.0 Å². The van der Waals surface area contributed by atoms with Crippen molar-refractivity contribution in [1.82, 2.24) is 0 Å². The molecule has 0 bridgehead atoms. The molecule has 12 atom stereocenters. The molecule has 0 aromatic heterocycles. The van der Waals surface area contributed by atoms with Crippen LogP contribution in [-0.2, 0) is 46.7 Å². The van der Waals surface area contributed by atoms with Crippen molar-refractivity contribution in [3.05, 3.63) is 24.3 Å². The van der Waals surface area contributed by atoms with E-state index in [1.807, 2.05) is 13.8 Å². The Morgan fingerprint density at radius 3 is 1.59 bits per heavy atom. The van der Waals surface area contributed by atoms with E-state index in [0.717, 1.165) is 96.5 Å². The van der Waals surface area contributed by atoms with Crippen molar-refractivity contribution < 1.29 is 46.7 Å². The van der Waals surface area contributed by atoms with E-state index < -0.39 is 0 Å². The maximum atomic E-state index is 10.7. The standard InChI is InChI=1S/C16H28O3P2.C15H28O4P2.5HI.2V/c1-4-12(2)10-15(19-21)7-8-16-13(3)11-14(18-16)6-5-9-17-20;1-11(10-16)8-14(19-21)5-6-15-12(2)9-13(18-15)4-3-7-17-20;;;;;;;/h1,12,14-16H,3,5-11,20-21H2,2H3;10-11,13-15H,2-9,20-21H2,1H3;5*1H;;/q;;;;;;;+2;+3/p-5/t12-,14-,15+,16-;11-,13+,14-,15+;;;;;;;/m01......./s1. The second-order valence-corrected chi connectivity index (χ2v) is 60.2. The molecule has 0 amide bonds. The number of carbonyl (C=O) groups excluding carboxylic acids is 1. The van der Waals surface area contributed by atoms with E-state index in [2.05, 4.69) is 157 Å². The van der Waals surface area contributed by atoms with Crippen molar-refractivity contribution in [3.8, 4) is 12.3 Å². The summed E-state index contributed by atoms with van der Waals surface area (Å²) in [6.07, 6.45) is 18.8. The van der Waals surface area contributed by atoms with Crippen LogP contribution in [0.1, 0.15) is 90.9 Å². The average Bonchev–Trinajstić information content (AvgIpc) is 3.61. The second kappa shape index (κ2) is 38.5. The minimum absolute atomic E-state index is 0.0305. The number of hydrogen-bond acceptors (Lipinski definition) is 7. The Bertz CT molecular complexity index is 899. The number of rotatable bonds is 21. The number of hydrogen-bond donors (Lipinski definition) is 0. The molecule has 0 aliphatic carbocycles. The molecule has 0 aromatic rings. The third-order valence-electron chi connectivity index (χ3n) is 7.83. The quantitative estimate of drug-likeness (QED) is 0.0283. The Hall–Kier alpha value is 5.01. The summed E-state index contributed by atoms with van der Waals surface area (Å²) in [5.41, 5.74) is 2.39. The van der Waals surface area contributed by atoms with Gasteiger partial charge in [0, 0.05) is 49.7 Å². The van der Waals surface area contributed by atoms with Gasteiger partial charge in [-0.2, -0.15) is 0 Å². The van der Waals surface area contributed by atoms with Crippen LogP contribution in [0.15, 0.2) is 24.3 Å². The third-order valence-corrected chi connectivity index (χ3v) is 9.08. The van der Waals surface area contributed by atoms with Crippen molar-refractivity contribution in [3.63, 3.8) is 0 Å². The van der Waals surface area contributed by atoms with Gasteiger partial charge in [0.05, 0.1) is 49.8 Å². The van der Waals surface area contributed by atoms with Crippen LogP contribution in [0.3, 0.4) is 0 Å². The molecule has 0 N–H and O–H groups in total. The van der Waals surface area contributed by atoms with Crippen LogP contribution < -0.4 is 0 Å². The molecule has 2 heterocycles. The first-order chi connectivity index (χ1) is 23.3. The van der Waals surface area contributed by atoms with E-state index in [0.29, 0.717) is 15.6 Å². The van der Waals surface area contributed by atoms with Crippen LogP contribution in [0, 0.1) is 24.2 Å². The molecule has 2 fully saturated rings. The molecule has 2 rings (SSSR count). The summed E-state index contributed by atoms with van der Waals surface area (Å²) in [5.74, 6) is 3.02. The molecule has 2 aliphatic heterocycles. The summed E-state index contributed by atoms with van der Waals surface area (Å²) < 4.78 is 32.9. The Balaban J connectivity index is 0. The zero-order valence-electron chi connectivity index (χ0n) is 28.5. The van der Waals surface area contributed by atoms with Crippen LogP contribution in [0.2, 0.25) is 0 Å². The number of aldehydes is 1. The second-order valence-electron chi connectivity index (χ2n) is 11.8. The normalized spacial score (nSPS) is 22.3. The predicted octanol–water partition coefficient (Wildman–Crippen LogP) is 11.8. The van der Waals surface area contributed by atoms with Gasteiger partial charge >= 0.3 is 114 Å². The van der Waals surface area contributed by atoms with Gasteiger partial charge in [0.25, 0.3) is 0 Å². The molecular weight excluding hydrogens is 1340 g/mol. The van der Waals surface area contributed by atoms with Gasteiger partial charge in [0.1, 0.15) is 6.29 Å². The van der Waals surface area contributed by atoms with E-state index in [9.17, 15) is 4.79 Å². The minimum atomic E-state index is -0.278. The van der Waals surface area contributed by atoms with Crippen molar-refractivity contribution >= 4 is 144 Å². The molecule has 0 saturated carbocycles. The summed E-state index contributed by atoms with van der Waals surface area (Å²) in [7, 11) is 9.84. The van der Waals surface area contributed by atoms with Crippen LogP contribution in [0.5, 0.6) is 0 Å². The van der Waals surface area contributed by atoms with Crippen molar-refractivity contribution in [1.29, 1.82) is 0 Å². The van der Waals surface area contributed by atoms with Gasteiger partial charge in [-0.25, -0.2) is 0 Å². The predicted molar refractivity (Wildman–Crippen MR) is 255 cm³/mol. The van der Waals surface area contributed by atoms with Gasteiger partial charge in [-0.1, -0.05) is 27.0 Å². The zero-order chi connectivity index (χ0) is 37.6. The number of ether oxygens (including phenoxy) is 2. The van der Waals surface area contributed by atoms with Crippen LogP contribution >= 0.6 is 138 Å². The molecule has 287 valence electrons.